The maximum absolute atomic E-state index is 3.70. The zero-order valence-corrected chi connectivity index (χ0v) is 8.28. The molecule has 1 saturated carbocycles. The first-order valence-corrected chi connectivity index (χ1v) is 5.25. The van der Waals surface area contributed by atoms with E-state index in [4.69, 9.17) is 0 Å². The first-order valence-electron chi connectivity index (χ1n) is 4.33. The molecule has 1 rings (SSSR count). The van der Waals surface area contributed by atoms with Crippen LogP contribution in [0.5, 0.6) is 0 Å². The smallest absolute Gasteiger partial charge is 0.0205 e. The van der Waals surface area contributed by atoms with Crippen molar-refractivity contribution in [2.24, 2.45) is 0 Å². The molecule has 0 amide bonds. The van der Waals surface area contributed by atoms with Gasteiger partial charge in [0.05, 0.1) is 0 Å². The summed E-state index contributed by atoms with van der Waals surface area (Å²) in [6, 6.07) is 0. The summed E-state index contributed by atoms with van der Waals surface area (Å²) in [4.78, 5) is 0.716. The second kappa shape index (κ2) is 4.38. The molecule has 0 saturated heterocycles. The lowest BCUT2D eigenvalue weighted by Crippen LogP contribution is -2.14. The minimum absolute atomic E-state index is 0.716. The van der Waals surface area contributed by atoms with Gasteiger partial charge < -0.3 is 0 Å². The average molecular weight is 204 g/mol. The van der Waals surface area contributed by atoms with Crippen LogP contribution in [-0.4, -0.2) is 4.83 Å². The number of alkyl halides is 1. The van der Waals surface area contributed by atoms with Crippen LogP contribution in [0.1, 0.15) is 45.4 Å². The molecule has 59 valence electrons. The quantitative estimate of drug-likeness (QED) is 0.601. The lowest BCUT2D eigenvalue weighted by molar-refractivity contribution is 0.511. The van der Waals surface area contributed by atoms with Crippen molar-refractivity contribution in [1.82, 2.24) is 0 Å². The summed E-state index contributed by atoms with van der Waals surface area (Å²) in [6.45, 7) is 2.25. The molecule has 0 aromatic carbocycles. The molecule has 1 radical (unpaired) electrons. The fourth-order valence-corrected chi connectivity index (χ4v) is 2.07. The molecule has 1 heteroatoms. The van der Waals surface area contributed by atoms with Gasteiger partial charge in [-0.1, -0.05) is 42.1 Å². The second-order valence-electron chi connectivity index (χ2n) is 3.09. The molecule has 0 spiro atoms. The molecule has 10 heavy (non-hydrogen) atoms. The maximum atomic E-state index is 3.70. The largest absolute Gasteiger partial charge is 0.0885 e. The Morgan fingerprint density at radius 1 is 1.30 bits per heavy atom. The molecule has 1 aliphatic rings. The van der Waals surface area contributed by atoms with E-state index in [-0.39, 0.29) is 0 Å². The SMILES string of the molecule is CCC(Br)[C]1CCCCC1. The second-order valence-corrected chi connectivity index (χ2v) is 4.20. The van der Waals surface area contributed by atoms with Gasteiger partial charge in [0.1, 0.15) is 0 Å². The van der Waals surface area contributed by atoms with Gasteiger partial charge in [-0.05, 0) is 25.2 Å². The monoisotopic (exact) mass is 203 g/mol. The first-order chi connectivity index (χ1) is 4.84. The summed E-state index contributed by atoms with van der Waals surface area (Å²) in [5, 5.41) is 0. The number of hydrogen-bond donors (Lipinski definition) is 0. The van der Waals surface area contributed by atoms with Crippen LogP contribution in [0.25, 0.3) is 0 Å². The van der Waals surface area contributed by atoms with E-state index in [0.717, 1.165) is 0 Å². The number of halogens is 1. The zero-order valence-electron chi connectivity index (χ0n) is 6.70. The van der Waals surface area contributed by atoms with Crippen molar-refractivity contribution in [1.29, 1.82) is 0 Å². The van der Waals surface area contributed by atoms with Crippen molar-refractivity contribution >= 4 is 15.9 Å². The summed E-state index contributed by atoms with van der Waals surface area (Å²) >= 11 is 3.70. The van der Waals surface area contributed by atoms with Gasteiger partial charge in [0, 0.05) is 4.83 Å². The van der Waals surface area contributed by atoms with E-state index in [9.17, 15) is 0 Å². The normalized spacial score (nSPS) is 24.6. The Kier molecular flexibility index (Phi) is 3.75. The molecule has 0 aromatic rings. The van der Waals surface area contributed by atoms with Crippen molar-refractivity contribution < 1.29 is 0 Å². The summed E-state index contributed by atoms with van der Waals surface area (Å²) < 4.78 is 0. The molecule has 0 heterocycles. The fourth-order valence-electron chi connectivity index (χ4n) is 1.61. The highest BCUT2D eigenvalue weighted by molar-refractivity contribution is 9.09. The molecule has 0 aliphatic heterocycles. The van der Waals surface area contributed by atoms with Gasteiger partial charge in [-0.2, -0.15) is 0 Å². The topological polar surface area (TPSA) is 0 Å². The van der Waals surface area contributed by atoms with E-state index in [1.165, 1.54) is 38.5 Å². The molecule has 1 fully saturated rings. The van der Waals surface area contributed by atoms with Crippen LogP contribution in [-0.2, 0) is 0 Å². The Labute approximate surface area is 72.5 Å². The summed E-state index contributed by atoms with van der Waals surface area (Å²) in [5.74, 6) is 1.76. The number of rotatable bonds is 2. The highest BCUT2D eigenvalue weighted by Gasteiger charge is 2.19. The minimum atomic E-state index is 0.716. The molecule has 0 bridgehead atoms. The van der Waals surface area contributed by atoms with E-state index in [1.807, 2.05) is 0 Å². The minimum Gasteiger partial charge on any atom is -0.0885 e. The lowest BCUT2D eigenvalue weighted by Gasteiger charge is -2.24. The van der Waals surface area contributed by atoms with Crippen molar-refractivity contribution in [3.8, 4) is 0 Å². The van der Waals surface area contributed by atoms with E-state index >= 15 is 0 Å². The van der Waals surface area contributed by atoms with E-state index in [2.05, 4.69) is 22.9 Å². The van der Waals surface area contributed by atoms with Gasteiger partial charge in [0.25, 0.3) is 0 Å². The van der Waals surface area contributed by atoms with Gasteiger partial charge in [-0.25, -0.2) is 0 Å². The Hall–Kier alpha value is 0.480. The predicted octanol–water partition coefficient (Wildman–Crippen LogP) is 3.70. The highest BCUT2D eigenvalue weighted by atomic mass is 79.9. The predicted molar refractivity (Wildman–Crippen MR) is 49.3 cm³/mol. The molecular weight excluding hydrogens is 188 g/mol. The van der Waals surface area contributed by atoms with Crippen LogP contribution >= 0.6 is 15.9 Å². The average Bonchev–Trinajstić information content (AvgIpc) is 2.05. The van der Waals surface area contributed by atoms with Crippen LogP contribution in [0.15, 0.2) is 0 Å². The summed E-state index contributed by atoms with van der Waals surface area (Å²) in [5.41, 5.74) is 0. The third kappa shape index (κ3) is 2.26. The summed E-state index contributed by atoms with van der Waals surface area (Å²) in [7, 11) is 0. The fraction of sp³-hybridized carbons (Fsp3) is 0.889. The van der Waals surface area contributed by atoms with E-state index < -0.39 is 0 Å². The molecule has 0 nitrogen and oxygen atoms in total. The van der Waals surface area contributed by atoms with Crippen molar-refractivity contribution in [3.63, 3.8) is 0 Å². The Bertz CT molecular complexity index is 84.7. The first kappa shape index (κ1) is 8.58. The Balaban J connectivity index is 2.24. The molecule has 1 aliphatic carbocycles. The number of hydrogen-bond acceptors (Lipinski definition) is 0. The van der Waals surface area contributed by atoms with Gasteiger partial charge in [0.2, 0.25) is 0 Å². The van der Waals surface area contributed by atoms with Crippen LogP contribution in [0.3, 0.4) is 0 Å². The van der Waals surface area contributed by atoms with Crippen LogP contribution in [0.2, 0.25) is 0 Å². The zero-order chi connectivity index (χ0) is 7.40. The van der Waals surface area contributed by atoms with Gasteiger partial charge in [0.15, 0.2) is 0 Å². The van der Waals surface area contributed by atoms with Crippen molar-refractivity contribution in [2.45, 2.75) is 50.3 Å². The van der Waals surface area contributed by atoms with Gasteiger partial charge >= 0.3 is 0 Å². The van der Waals surface area contributed by atoms with Crippen molar-refractivity contribution in [3.05, 3.63) is 5.92 Å². The van der Waals surface area contributed by atoms with Crippen LogP contribution < -0.4 is 0 Å². The lowest BCUT2D eigenvalue weighted by atomic mass is 9.86. The third-order valence-corrected chi connectivity index (χ3v) is 3.59. The Morgan fingerprint density at radius 3 is 2.40 bits per heavy atom. The maximum Gasteiger partial charge on any atom is 0.0205 e. The summed E-state index contributed by atoms with van der Waals surface area (Å²) in [6.07, 6.45) is 8.32. The standard InChI is InChI=1S/C9H16Br/c1-2-9(10)8-6-4-3-5-7-8/h9H,2-7H2,1H3. The van der Waals surface area contributed by atoms with Crippen LogP contribution in [0, 0.1) is 5.92 Å². The molecular formula is C9H16Br. The molecule has 1 unspecified atom stereocenters. The van der Waals surface area contributed by atoms with Crippen molar-refractivity contribution in [2.75, 3.05) is 0 Å². The molecule has 0 N–H and O–H groups in total. The van der Waals surface area contributed by atoms with Gasteiger partial charge in [-0.3, -0.25) is 0 Å². The molecule has 0 aromatic heterocycles. The van der Waals surface area contributed by atoms with E-state index in [0.29, 0.717) is 4.83 Å². The molecule has 1 atom stereocenters. The van der Waals surface area contributed by atoms with E-state index in [1.54, 1.807) is 5.92 Å². The van der Waals surface area contributed by atoms with Gasteiger partial charge in [-0.15, -0.1) is 0 Å². The highest BCUT2D eigenvalue weighted by Crippen LogP contribution is 2.33. The third-order valence-electron chi connectivity index (χ3n) is 2.30. The Morgan fingerprint density at radius 2 is 1.90 bits per heavy atom. The van der Waals surface area contributed by atoms with Crippen LogP contribution in [0.4, 0.5) is 0 Å².